The van der Waals surface area contributed by atoms with Crippen molar-refractivity contribution in [1.29, 1.82) is 0 Å². The van der Waals surface area contributed by atoms with Crippen LogP contribution < -0.4 is 15.4 Å². The van der Waals surface area contributed by atoms with E-state index in [1.165, 1.54) is 11.3 Å². The van der Waals surface area contributed by atoms with Gasteiger partial charge in [-0.2, -0.15) is 0 Å². The molecule has 1 aromatic heterocycles. The molecular formula is C23H22N2O3S. The maximum Gasteiger partial charge on any atom is 0.272 e. The Kier molecular flexibility index (Phi) is 6.81. The third-order valence-corrected chi connectivity index (χ3v) is 4.86. The second-order valence-electron chi connectivity index (χ2n) is 6.31. The average Bonchev–Trinajstić information content (AvgIpc) is 3.21. The summed E-state index contributed by atoms with van der Waals surface area (Å²) in [6, 6.07) is 18.1. The summed E-state index contributed by atoms with van der Waals surface area (Å²) < 4.78 is 5.47. The number of ether oxygens (including phenoxy) is 1. The van der Waals surface area contributed by atoms with Crippen molar-refractivity contribution in [2.45, 2.75) is 13.8 Å². The molecule has 0 fully saturated rings. The number of carbonyl (C=O) groups excluding carboxylic acids is 2. The number of aryl methyl sites for hydroxylation is 1. The Balaban J connectivity index is 1.81. The molecule has 0 spiro atoms. The van der Waals surface area contributed by atoms with E-state index in [0.29, 0.717) is 23.6 Å². The zero-order chi connectivity index (χ0) is 20.6. The number of amides is 2. The first-order valence-electron chi connectivity index (χ1n) is 9.22. The highest BCUT2D eigenvalue weighted by atomic mass is 32.1. The van der Waals surface area contributed by atoms with E-state index in [1.807, 2.05) is 49.6 Å². The first-order chi connectivity index (χ1) is 14.0. The summed E-state index contributed by atoms with van der Waals surface area (Å²) >= 11 is 1.48. The Morgan fingerprint density at radius 3 is 2.55 bits per heavy atom. The standard InChI is InChI=1S/C23H22N2O3S/c1-3-28-19-7-4-6-18(14-19)24-23(27)21(15-20-8-5-13-29-20)25-22(26)17-11-9-16(2)10-12-17/h4-15H,3H2,1-2H3,(H,24,27)(H,25,26)/b21-15-. The van der Waals surface area contributed by atoms with Crippen LogP contribution in [0.4, 0.5) is 5.69 Å². The molecule has 0 bridgehead atoms. The molecule has 1 heterocycles. The highest BCUT2D eigenvalue weighted by molar-refractivity contribution is 7.10. The van der Waals surface area contributed by atoms with Gasteiger partial charge in [-0.15, -0.1) is 11.3 Å². The summed E-state index contributed by atoms with van der Waals surface area (Å²) in [5, 5.41) is 7.47. The molecule has 0 atom stereocenters. The van der Waals surface area contributed by atoms with Gasteiger partial charge in [0.05, 0.1) is 6.61 Å². The normalized spacial score (nSPS) is 11.0. The summed E-state index contributed by atoms with van der Waals surface area (Å²) in [6.07, 6.45) is 1.67. The van der Waals surface area contributed by atoms with Gasteiger partial charge in [-0.3, -0.25) is 9.59 Å². The third kappa shape index (κ3) is 5.80. The maximum absolute atomic E-state index is 12.9. The van der Waals surface area contributed by atoms with Gasteiger partial charge in [0, 0.05) is 22.2 Å². The number of nitrogens with one attached hydrogen (secondary N) is 2. The summed E-state index contributed by atoms with van der Waals surface area (Å²) in [5.41, 5.74) is 2.30. The van der Waals surface area contributed by atoms with Crippen molar-refractivity contribution in [2.24, 2.45) is 0 Å². The second-order valence-corrected chi connectivity index (χ2v) is 7.29. The van der Waals surface area contributed by atoms with Crippen LogP contribution >= 0.6 is 11.3 Å². The molecule has 0 aliphatic heterocycles. The Morgan fingerprint density at radius 1 is 1.07 bits per heavy atom. The van der Waals surface area contributed by atoms with E-state index >= 15 is 0 Å². The molecule has 29 heavy (non-hydrogen) atoms. The zero-order valence-electron chi connectivity index (χ0n) is 16.3. The molecule has 0 saturated heterocycles. The van der Waals surface area contributed by atoms with Gasteiger partial charge in [0.1, 0.15) is 11.4 Å². The van der Waals surface area contributed by atoms with Crippen molar-refractivity contribution in [3.63, 3.8) is 0 Å². The predicted octanol–water partition coefficient (Wildman–Crippen LogP) is 4.86. The highest BCUT2D eigenvalue weighted by Crippen LogP contribution is 2.19. The molecule has 0 radical (unpaired) electrons. The minimum atomic E-state index is -0.410. The monoisotopic (exact) mass is 406 g/mol. The fourth-order valence-electron chi connectivity index (χ4n) is 2.60. The summed E-state index contributed by atoms with van der Waals surface area (Å²) in [5.74, 6) is -0.0867. The van der Waals surface area contributed by atoms with Gasteiger partial charge in [-0.1, -0.05) is 29.8 Å². The van der Waals surface area contributed by atoms with Gasteiger partial charge in [-0.25, -0.2) is 0 Å². The van der Waals surface area contributed by atoms with Crippen LogP contribution in [-0.4, -0.2) is 18.4 Å². The molecule has 3 rings (SSSR count). The molecule has 5 nitrogen and oxygen atoms in total. The fourth-order valence-corrected chi connectivity index (χ4v) is 3.26. The molecule has 0 saturated carbocycles. The third-order valence-electron chi connectivity index (χ3n) is 4.04. The molecule has 6 heteroatoms. The van der Waals surface area contributed by atoms with Crippen LogP contribution in [0.15, 0.2) is 71.7 Å². The molecule has 3 aromatic rings. The molecule has 148 valence electrons. The number of thiophene rings is 1. The van der Waals surface area contributed by atoms with Crippen LogP contribution in [0.3, 0.4) is 0 Å². The van der Waals surface area contributed by atoms with E-state index in [-0.39, 0.29) is 11.6 Å². The lowest BCUT2D eigenvalue weighted by molar-refractivity contribution is -0.113. The molecular weight excluding hydrogens is 384 g/mol. The summed E-state index contributed by atoms with van der Waals surface area (Å²) in [4.78, 5) is 26.4. The SMILES string of the molecule is CCOc1cccc(NC(=O)/C(=C/c2cccs2)NC(=O)c2ccc(C)cc2)c1. The highest BCUT2D eigenvalue weighted by Gasteiger charge is 2.15. The van der Waals surface area contributed by atoms with E-state index in [2.05, 4.69) is 10.6 Å². The zero-order valence-corrected chi connectivity index (χ0v) is 17.1. The van der Waals surface area contributed by atoms with Crippen LogP contribution in [-0.2, 0) is 4.79 Å². The van der Waals surface area contributed by atoms with Gasteiger partial charge >= 0.3 is 0 Å². The summed E-state index contributed by atoms with van der Waals surface area (Å²) in [7, 11) is 0. The number of benzene rings is 2. The van der Waals surface area contributed by atoms with Crippen molar-refractivity contribution in [3.8, 4) is 5.75 Å². The number of hydrogen-bond acceptors (Lipinski definition) is 4. The Labute approximate surface area is 174 Å². The molecule has 2 aromatic carbocycles. The van der Waals surface area contributed by atoms with Crippen LogP contribution in [0.1, 0.15) is 27.7 Å². The Morgan fingerprint density at radius 2 is 1.86 bits per heavy atom. The van der Waals surface area contributed by atoms with Crippen molar-refractivity contribution in [1.82, 2.24) is 5.32 Å². The van der Waals surface area contributed by atoms with Crippen molar-refractivity contribution in [3.05, 3.63) is 87.7 Å². The van der Waals surface area contributed by atoms with Gasteiger partial charge in [0.25, 0.3) is 11.8 Å². The van der Waals surface area contributed by atoms with Crippen LogP contribution in [0.2, 0.25) is 0 Å². The number of carbonyl (C=O) groups is 2. The van der Waals surface area contributed by atoms with Gasteiger partial charge in [0.15, 0.2) is 0 Å². The van der Waals surface area contributed by atoms with Crippen LogP contribution in [0.25, 0.3) is 6.08 Å². The lowest BCUT2D eigenvalue weighted by Gasteiger charge is -2.12. The molecule has 2 N–H and O–H groups in total. The number of rotatable bonds is 7. The average molecular weight is 407 g/mol. The minimum absolute atomic E-state index is 0.167. The van der Waals surface area contributed by atoms with E-state index in [4.69, 9.17) is 4.74 Å². The lowest BCUT2D eigenvalue weighted by Crippen LogP contribution is -2.30. The topological polar surface area (TPSA) is 67.4 Å². The quantitative estimate of drug-likeness (QED) is 0.551. The lowest BCUT2D eigenvalue weighted by atomic mass is 10.1. The van der Waals surface area contributed by atoms with Gasteiger partial charge in [0.2, 0.25) is 0 Å². The summed E-state index contributed by atoms with van der Waals surface area (Å²) in [6.45, 7) is 4.38. The largest absolute Gasteiger partial charge is 0.494 e. The Bertz CT molecular complexity index is 1010. The molecule has 2 amide bonds. The van der Waals surface area contributed by atoms with Crippen LogP contribution in [0.5, 0.6) is 5.75 Å². The molecule has 0 aliphatic carbocycles. The Hall–Kier alpha value is -3.38. The van der Waals surface area contributed by atoms with Crippen molar-refractivity contribution >= 4 is 34.9 Å². The number of hydrogen-bond donors (Lipinski definition) is 2. The molecule has 0 unspecified atom stereocenters. The smallest absolute Gasteiger partial charge is 0.272 e. The van der Waals surface area contributed by atoms with E-state index in [9.17, 15) is 9.59 Å². The second kappa shape index (κ2) is 9.71. The van der Waals surface area contributed by atoms with Gasteiger partial charge < -0.3 is 15.4 Å². The predicted molar refractivity (Wildman–Crippen MR) is 117 cm³/mol. The van der Waals surface area contributed by atoms with Crippen molar-refractivity contribution in [2.75, 3.05) is 11.9 Å². The van der Waals surface area contributed by atoms with E-state index in [0.717, 1.165) is 10.4 Å². The maximum atomic E-state index is 12.9. The first kappa shape index (κ1) is 20.4. The minimum Gasteiger partial charge on any atom is -0.494 e. The van der Waals surface area contributed by atoms with Crippen molar-refractivity contribution < 1.29 is 14.3 Å². The number of anilines is 1. The van der Waals surface area contributed by atoms with E-state index in [1.54, 1.807) is 36.4 Å². The molecule has 0 aliphatic rings. The first-order valence-corrected chi connectivity index (χ1v) is 10.1. The van der Waals surface area contributed by atoms with Crippen LogP contribution in [0, 0.1) is 6.92 Å². The fraction of sp³-hybridized carbons (Fsp3) is 0.130. The van der Waals surface area contributed by atoms with Gasteiger partial charge in [-0.05, 0) is 55.6 Å². The van der Waals surface area contributed by atoms with E-state index < -0.39 is 5.91 Å².